The van der Waals surface area contributed by atoms with E-state index < -0.39 is 0 Å². The quantitative estimate of drug-likeness (QED) is 0.667. The lowest BCUT2D eigenvalue weighted by atomic mass is 10.2. The van der Waals surface area contributed by atoms with Crippen molar-refractivity contribution in [1.82, 2.24) is 0 Å². The van der Waals surface area contributed by atoms with E-state index in [4.69, 9.17) is 10.5 Å². The molecule has 0 atom stereocenters. The Bertz CT molecular complexity index is 314. The lowest BCUT2D eigenvalue weighted by molar-refractivity contribution is 0.325. The van der Waals surface area contributed by atoms with Crippen molar-refractivity contribution in [3.63, 3.8) is 0 Å². The van der Waals surface area contributed by atoms with Crippen molar-refractivity contribution in [2.75, 3.05) is 24.2 Å². The predicted octanol–water partition coefficient (Wildman–Crippen LogP) is 1.84. The molecular weight excluding hydrogens is 220 g/mol. The molecule has 3 nitrogen and oxygen atoms in total. The van der Waals surface area contributed by atoms with Crippen LogP contribution in [0.2, 0.25) is 0 Å². The Morgan fingerprint density at radius 3 is 3.17 bits per heavy atom. The second-order valence-electron chi connectivity index (χ2n) is 2.65. The zero-order chi connectivity index (χ0) is 8.55. The number of rotatable bonds is 0. The molecule has 1 aliphatic heterocycles. The number of anilines is 2. The molecule has 1 aromatic rings. The summed E-state index contributed by atoms with van der Waals surface area (Å²) in [5.74, 6) is 0.768. The third kappa shape index (κ3) is 1.22. The summed E-state index contributed by atoms with van der Waals surface area (Å²) in [5.41, 5.74) is 7.39. The number of hydrogen-bond donors (Lipinski definition) is 2. The molecule has 3 N–H and O–H groups in total. The minimum Gasteiger partial charge on any atom is -0.487 e. The second kappa shape index (κ2) is 2.86. The minimum absolute atomic E-state index is 0.673. The van der Waals surface area contributed by atoms with E-state index >= 15 is 0 Å². The molecular formula is C8H9BrN2O. The third-order valence-corrected chi connectivity index (χ3v) is 2.20. The highest BCUT2D eigenvalue weighted by molar-refractivity contribution is 9.10. The van der Waals surface area contributed by atoms with Crippen LogP contribution in [0.3, 0.4) is 0 Å². The Hall–Kier alpha value is -0.900. The Morgan fingerprint density at radius 1 is 1.50 bits per heavy atom. The third-order valence-electron chi connectivity index (χ3n) is 1.75. The van der Waals surface area contributed by atoms with E-state index in [-0.39, 0.29) is 0 Å². The highest BCUT2D eigenvalue weighted by atomic mass is 79.9. The maximum Gasteiger partial charge on any atom is 0.165 e. The molecule has 0 radical (unpaired) electrons. The van der Waals surface area contributed by atoms with Gasteiger partial charge in [0.25, 0.3) is 0 Å². The van der Waals surface area contributed by atoms with E-state index in [9.17, 15) is 0 Å². The van der Waals surface area contributed by atoms with Gasteiger partial charge in [-0.05, 0) is 12.1 Å². The standard InChI is InChI=1S/C8H9BrN2O/c9-5-3-6(10)8-7(4-5)11-1-2-12-8/h3-4,11H,1-2,10H2. The molecule has 0 unspecified atom stereocenters. The van der Waals surface area contributed by atoms with E-state index in [0.717, 1.165) is 22.5 Å². The van der Waals surface area contributed by atoms with Crippen molar-refractivity contribution in [2.45, 2.75) is 0 Å². The summed E-state index contributed by atoms with van der Waals surface area (Å²) >= 11 is 3.37. The first-order valence-corrected chi connectivity index (χ1v) is 4.52. The fourth-order valence-corrected chi connectivity index (χ4v) is 1.72. The number of fused-ring (bicyclic) bond motifs is 1. The summed E-state index contributed by atoms with van der Waals surface area (Å²) in [6, 6.07) is 3.80. The number of benzene rings is 1. The Labute approximate surface area is 79.0 Å². The smallest absolute Gasteiger partial charge is 0.165 e. The molecule has 0 saturated carbocycles. The number of ether oxygens (including phenoxy) is 1. The first-order valence-electron chi connectivity index (χ1n) is 3.73. The molecule has 1 aliphatic rings. The van der Waals surface area contributed by atoms with Crippen LogP contribution >= 0.6 is 15.9 Å². The number of halogens is 1. The Kier molecular flexibility index (Phi) is 1.84. The molecule has 4 heteroatoms. The van der Waals surface area contributed by atoms with Gasteiger partial charge < -0.3 is 15.8 Å². The van der Waals surface area contributed by atoms with Gasteiger partial charge in [0.2, 0.25) is 0 Å². The molecule has 1 heterocycles. The SMILES string of the molecule is Nc1cc(Br)cc2c1OCCN2. The molecule has 2 rings (SSSR count). The first kappa shape index (κ1) is 7.73. The van der Waals surface area contributed by atoms with Gasteiger partial charge in [-0.1, -0.05) is 15.9 Å². The van der Waals surface area contributed by atoms with Gasteiger partial charge in [0.15, 0.2) is 5.75 Å². The van der Waals surface area contributed by atoms with Crippen LogP contribution in [0.5, 0.6) is 5.75 Å². The van der Waals surface area contributed by atoms with Crippen LogP contribution in [-0.4, -0.2) is 13.2 Å². The molecule has 0 aliphatic carbocycles. The maximum absolute atomic E-state index is 5.75. The number of nitrogen functional groups attached to an aromatic ring is 1. The highest BCUT2D eigenvalue weighted by Crippen LogP contribution is 2.36. The molecule has 0 fully saturated rings. The average molecular weight is 229 g/mol. The van der Waals surface area contributed by atoms with Crippen molar-refractivity contribution in [1.29, 1.82) is 0 Å². The first-order chi connectivity index (χ1) is 5.77. The molecule has 0 aromatic heterocycles. The monoisotopic (exact) mass is 228 g/mol. The van der Waals surface area contributed by atoms with Gasteiger partial charge >= 0.3 is 0 Å². The van der Waals surface area contributed by atoms with Crippen molar-refractivity contribution < 1.29 is 4.74 Å². The van der Waals surface area contributed by atoms with Crippen molar-refractivity contribution in [2.24, 2.45) is 0 Å². The van der Waals surface area contributed by atoms with Gasteiger partial charge in [0.05, 0.1) is 11.4 Å². The zero-order valence-corrected chi connectivity index (χ0v) is 8.02. The number of nitrogens with two attached hydrogens (primary N) is 1. The predicted molar refractivity (Wildman–Crippen MR) is 52.5 cm³/mol. The summed E-state index contributed by atoms with van der Waals surface area (Å²) in [6.07, 6.45) is 0. The zero-order valence-electron chi connectivity index (χ0n) is 6.43. The van der Waals surface area contributed by atoms with Crippen LogP contribution in [0.25, 0.3) is 0 Å². The molecule has 64 valence electrons. The molecule has 12 heavy (non-hydrogen) atoms. The number of hydrogen-bond acceptors (Lipinski definition) is 3. The lowest BCUT2D eigenvalue weighted by Gasteiger charge is -2.20. The van der Waals surface area contributed by atoms with Gasteiger partial charge in [-0.25, -0.2) is 0 Å². The van der Waals surface area contributed by atoms with E-state index in [1.165, 1.54) is 0 Å². The fourth-order valence-electron chi connectivity index (χ4n) is 1.25. The normalized spacial score (nSPS) is 14.4. The Morgan fingerprint density at radius 2 is 2.33 bits per heavy atom. The van der Waals surface area contributed by atoms with Crippen molar-refractivity contribution in [3.8, 4) is 5.75 Å². The molecule has 0 amide bonds. The van der Waals surface area contributed by atoms with E-state index in [1.54, 1.807) is 0 Å². The van der Waals surface area contributed by atoms with Crippen LogP contribution in [0.4, 0.5) is 11.4 Å². The second-order valence-corrected chi connectivity index (χ2v) is 3.56. The minimum atomic E-state index is 0.673. The molecule has 1 aromatic carbocycles. The molecule has 0 spiro atoms. The summed E-state index contributed by atoms with van der Waals surface area (Å²) in [5, 5.41) is 3.21. The number of nitrogens with one attached hydrogen (secondary N) is 1. The van der Waals surface area contributed by atoms with Crippen molar-refractivity contribution >= 4 is 27.3 Å². The maximum atomic E-state index is 5.75. The fraction of sp³-hybridized carbons (Fsp3) is 0.250. The van der Waals surface area contributed by atoms with Gasteiger partial charge in [0, 0.05) is 11.0 Å². The summed E-state index contributed by atoms with van der Waals surface area (Å²) in [4.78, 5) is 0. The lowest BCUT2D eigenvalue weighted by Crippen LogP contribution is -2.18. The summed E-state index contributed by atoms with van der Waals surface area (Å²) in [7, 11) is 0. The molecule has 0 saturated heterocycles. The largest absolute Gasteiger partial charge is 0.487 e. The Balaban J connectivity index is 2.53. The van der Waals surface area contributed by atoms with Crippen LogP contribution in [0, 0.1) is 0 Å². The summed E-state index contributed by atoms with van der Waals surface area (Å²) in [6.45, 7) is 1.52. The topological polar surface area (TPSA) is 47.3 Å². The van der Waals surface area contributed by atoms with Crippen molar-refractivity contribution in [3.05, 3.63) is 16.6 Å². The highest BCUT2D eigenvalue weighted by Gasteiger charge is 2.12. The van der Waals surface area contributed by atoms with E-state index in [1.807, 2.05) is 12.1 Å². The van der Waals surface area contributed by atoms with E-state index in [2.05, 4.69) is 21.2 Å². The molecule has 0 bridgehead atoms. The van der Waals surface area contributed by atoms with Gasteiger partial charge in [-0.2, -0.15) is 0 Å². The van der Waals surface area contributed by atoms with Crippen LogP contribution < -0.4 is 15.8 Å². The van der Waals surface area contributed by atoms with E-state index in [0.29, 0.717) is 12.3 Å². The van der Waals surface area contributed by atoms with Crippen LogP contribution in [0.1, 0.15) is 0 Å². The van der Waals surface area contributed by atoms with Crippen LogP contribution in [0.15, 0.2) is 16.6 Å². The van der Waals surface area contributed by atoms with Gasteiger partial charge in [-0.3, -0.25) is 0 Å². The summed E-state index contributed by atoms with van der Waals surface area (Å²) < 4.78 is 6.37. The van der Waals surface area contributed by atoms with Crippen LogP contribution in [-0.2, 0) is 0 Å². The average Bonchev–Trinajstić information content (AvgIpc) is 2.04. The van der Waals surface area contributed by atoms with Gasteiger partial charge in [-0.15, -0.1) is 0 Å². The van der Waals surface area contributed by atoms with Gasteiger partial charge in [0.1, 0.15) is 6.61 Å².